The van der Waals surface area contributed by atoms with Gasteiger partial charge in [-0.15, -0.1) is 0 Å². The van der Waals surface area contributed by atoms with Crippen LogP contribution in [0.25, 0.3) is 0 Å². The molecule has 2 atom stereocenters. The van der Waals surface area contributed by atoms with E-state index in [1.807, 2.05) is 20.8 Å². The summed E-state index contributed by atoms with van der Waals surface area (Å²) in [4.78, 5) is 11.4. The standard InChI is InChI=1S/C11H20O2/c1-8(2)11(3,13)7-9-5-4-6-10(9)12/h8-9,13H,4-7H2,1-3H3. The highest BCUT2D eigenvalue weighted by Crippen LogP contribution is 2.32. The third kappa shape index (κ3) is 2.53. The van der Waals surface area contributed by atoms with Crippen LogP contribution in [-0.2, 0) is 4.79 Å². The first-order valence-electron chi connectivity index (χ1n) is 5.18. The third-order valence-electron chi connectivity index (χ3n) is 3.33. The summed E-state index contributed by atoms with van der Waals surface area (Å²) >= 11 is 0. The van der Waals surface area contributed by atoms with Crippen molar-refractivity contribution in [1.29, 1.82) is 0 Å². The lowest BCUT2D eigenvalue weighted by Crippen LogP contribution is -2.34. The molecule has 0 spiro atoms. The van der Waals surface area contributed by atoms with Crippen molar-refractivity contribution in [2.45, 2.75) is 52.1 Å². The summed E-state index contributed by atoms with van der Waals surface area (Å²) in [5.41, 5.74) is -0.676. The molecule has 0 bridgehead atoms. The van der Waals surface area contributed by atoms with Gasteiger partial charge < -0.3 is 5.11 Å². The van der Waals surface area contributed by atoms with Gasteiger partial charge in [0.15, 0.2) is 0 Å². The summed E-state index contributed by atoms with van der Waals surface area (Å²) < 4.78 is 0. The Morgan fingerprint density at radius 2 is 2.23 bits per heavy atom. The lowest BCUT2D eigenvalue weighted by atomic mass is 9.82. The topological polar surface area (TPSA) is 37.3 Å². The second kappa shape index (κ2) is 3.79. The Balaban J connectivity index is 2.52. The van der Waals surface area contributed by atoms with E-state index < -0.39 is 5.60 Å². The maximum Gasteiger partial charge on any atom is 0.136 e. The molecular weight excluding hydrogens is 164 g/mol. The highest BCUT2D eigenvalue weighted by molar-refractivity contribution is 5.82. The van der Waals surface area contributed by atoms with Crippen molar-refractivity contribution >= 4 is 5.78 Å². The van der Waals surface area contributed by atoms with Crippen LogP contribution in [0.2, 0.25) is 0 Å². The van der Waals surface area contributed by atoms with Crippen LogP contribution in [0.4, 0.5) is 0 Å². The van der Waals surface area contributed by atoms with Crippen molar-refractivity contribution in [3.63, 3.8) is 0 Å². The van der Waals surface area contributed by atoms with Crippen LogP contribution in [0.3, 0.4) is 0 Å². The van der Waals surface area contributed by atoms with Gasteiger partial charge in [0.1, 0.15) is 5.78 Å². The largest absolute Gasteiger partial charge is 0.390 e. The minimum atomic E-state index is -0.676. The van der Waals surface area contributed by atoms with Gasteiger partial charge in [0.05, 0.1) is 5.60 Å². The Kier molecular flexibility index (Phi) is 3.12. The van der Waals surface area contributed by atoms with Crippen LogP contribution in [0.15, 0.2) is 0 Å². The molecule has 1 rings (SSSR count). The molecule has 1 aliphatic rings. The predicted molar refractivity (Wildman–Crippen MR) is 52.4 cm³/mol. The molecule has 0 aromatic heterocycles. The molecule has 1 aliphatic carbocycles. The van der Waals surface area contributed by atoms with Gasteiger partial charge >= 0.3 is 0 Å². The monoisotopic (exact) mass is 184 g/mol. The zero-order valence-corrected chi connectivity index (χ0v) is 8.84. The summed E-state index contributed by atoms with van der Waals surface area (Å²) in [6.45, 7) is 5.84. The zero-order chi connectivity index (χ0) is 10.1. The van der Waals surface area contributed by atoms with E-state index >= 15 is 0 Å². The number of hydrogen-bond acceptors (Lipinski definition) is 2. The average molecular weight is 184 g/mol. The van der Waals surface area contributed by atoms with Crippen molar-refractivity contribution < 1.29 is 9.90 Å². The number of rotatable bonds is 3. The Morgan fingerprint density at radius 1 is 1.62 bits per heavy atom. The maximum atomic E-state index is 11.4. The molecule has 0 aliphatic heterocycles. The van der Waals surface area contributed by atoms with Gasteiger partial charge in [-0.2, -0.15) is 0 Å². The van der Waals surface area contributed by atoms with Crippen molar-refractivity contribution in [2.24, 2.45) is 11.8 Å². The summed E-state index contributed by atoms with van der Waals surface area (Å²) in [7, 11) is 0. The molecule has 1 N–H and O–H groups in total. The normalized spacial score (nSPS) is 28.1. The SMILES string of the molecule is CC(C)C(C)(O)CC1CCCC1=O. The van der Waals surface area contributed by atoms with Crippen molar-refractivity contribution in [3.8, 4) is 0 Å². The van der Waals surface area contributed by atoms with Crippen LogP contribution in [-0.4, -0.2) is 16.5 Å². The first-order valence-corrected chi connectivity index (χ1v) is 5.18. The fraction of sp³-hybridized carbons (Fsp3) is 0.909. The number of carbonyl (C=O) groups is 1. The van der Waals surface area contributed by atoms with Crippen LogP contribution in [0.1, 0.15) is 46.5 Å². The lowest BCUT2D eigenvalue weighted by Gasteiger charge is -2.29. The second-order valence-electron chi connectivity index (χ2n) is 4.77. The molecule has 13 heavy (non-hydrogen) atoms. The van der Waals surface area contributed by atoms with Gasteiger partial charge in [-0.3, -0.25) is 4.79 Å². The van der Waals surface area contributed by atoms with Crippen LogP contribution in [0, 0.1) is 11.8 Å². The van der Waals surface area contributed by atoms with Gasteiger partial charge in [0, 0.05) is 12.3 Å². The fourth-order valence-corrected chi connectivity index (χ4v) is 1.84. The highest BCUT2D eigenvalue weighted by atomic mass is 16.3. The van der Waals surface area contributed by atoms with Gasteiger partial charge in [0.25, 0.3) is 0 Å². The third-order valence-corrected chi connectivity index (χ3v) is 3.33. The van der Waals surface area contributed by atoms with Crippen molar-refractivity contribution in [2.75, 3.05) is 0 Å². The van der Waals surface area contributed by atoms with Gasteiger partial charge in [0.2, 0.25) is 0 Å². The molecule has 0 amide bonds. The van der Waals surface area contributed by atoms with Crippen molar-refractivity contribution in [3.05, 3.63) is 0 Å². The lowest BCUT2D eigenvalue weighted by molar-refractivity contribution is -0.123. The molecule has 0 aromatic carbocycles. The van der Waals surface area contributed by atoms with E-state index in [0.717, 1.165) is 19.3 Å². The average Bonchev–Trinajstić information content (AvgIpc) is 2.35. The number of hydrogen-bond donors (Lipinski definition) is 1. The molecular formula is C11H20O2. The van der Waals surface area contributed by atoms with E-state index in [0.29, 0.717) is 12.2 Å². The number of aliphatic hydroxyl groups is 1. The van der Waals surface area contributed by atoms with E-state index in [1.165, 1.54) is 0 Å². The molecule has 2 heteroatoms. The minimum Gasteiger partial charge on any atom is -0.390 e. The summed E-state index contributed by atoms with van der Waals surface area (Å²) in [5.74, 6) is 0.694. The van der Waals surface area contributed by atoms with Gasteiger partial charge in [-0.1, -0.05) is 13.8 Å². The van der Waals surface area contributed by atoms with E-state index in [9.17, 15) is 9.90 Å². The predicted octanol–water partition coefficient (Wildman–Crippen LogP) is 2.15. The zero-order valence-electron chi connectivity index (χ0n) is 8.84. The summed E-state index contributed by atoms with van der Waals surface area (Å²) in [5, 5.41) is 10.0. The summed E-state index contributed by atoms with van der Waals surface area (Å²) in [6, 6.07) is 0. The molecule has 76 valence electrons. The first-order chi connectivity index (χ1) is 5.93. The fourth-order valence-electron chi connectivity index (χ4n) is 1.84. The van der Waals surface area contributed by atoms with Gasteiger partial charge in [-0.05, 0) is 32.1 Å². The Hall–Kier alpha value is -0.370. The van der Waals surface area contributed by atoms with Crippen LogP contribution >= 0.6 is 0 Å². The van der Waals surface area contributed by atoms with Crippen molar-refractivity contribution in [1.82, 2.24) is 0 Å². The number of ketones is 1. The Bertz CT molecular complexity index is 194. The van der Waals surface area contributed by atoms with E-state index in [2.05, 4.69) is 0 Å². The highest BCUT2D eigenvalue weighted by Gasteiger charge is 2.34. The van der Waals surface area contributed by atoms with E-state index in [1.54, 1.807) is 0 Å². The number of Topliss-reactive ketones (excluding diaryl/α,β-unsaturated/α-hetero) is 1. The molecule has 0 saturated heterocycles. The quantitative estimate of drug-likeness (QED) is 0.729. The molecule has 1 fully saturated rings. The van der Waals surface area contributed by atoms with Crippen LogP contribution in [0.5, 0.6) is 0 Å². The Labute approximate surface area is 80.3 Å². The molecule has 0 aromatic rings. The van der Waals surface area contributed by atoms with E-state index in [4.69, 9.17) is 0 Å². The Morgan fingerprint density at radius 3 is 2.62 bits per heavy atom. The minimum absolute atomic E-state index is 0.123. The summed E-state index contributed by atoms with van der Waals surface area (Å²) in [6.07, 6.45) is 3.35. The molecule has 1 saturated carbocycles. The molecule has 2 nitrogen and oxygen atoms in total. The smallest absolute Gasteiger partial charge is 0.136 e. The molecule has 2 unspecified atom stereocenters. The molecule has 0 heterocycles. The van der Waals surface area contributed by atoms with Gasteiger partial charge in [-0.25, -0.2) is 0 Å². The number of carbonyl (C=O) groups excluding carboxylic acids is 1. The first kappa shape index (κ1) is 10.7. The second-order valence-corrected chi connectivity index (χ2v) is 4.77. The maximum absolute atomic E-state index is 11.4. The van der Waals surface area contributed by atoms with E-state index in [-0.39, 0.29) is 11.8 Å². The molecule has 0 radical (unpaired) electrons. The van der Waals surface area contributed by atoms with Crippen LogP contribution < -0.4 is 0 Å².